The van der Waals surface area contributed by atoms with Crippen LogP contribution in [-0.2, 0) is 4.74 Å². The molecule has 92 valence electrons. The summed E-state index contributed by atoms with van der Waals surface area (Å²) in [5, 5.41) is 10.7. The van der Waals surface area contributed by atoms with E-state index >= 15 is 0 Å². The molecule has 2 aromatic rings. The van der Waals surface area contributed by atoms with Gasteiger partial charge in [-0.2, -0.15) is 0 Å². The number of benzene rings is 1. The minimum Gasteiger partial charge on any atom is -0.465 e. The largest absolute Gasteiger partial charge is 0.465 e. The number of hydrogen-bond acceptors (Lipinski definition) is 5. The Morgan fingerprint density at radius 2 is 2.17 bits per heavy atom. The molecular weight excluding hydrogens is 240 g/mol. The van der Waals surface area contributed by atoms with Gasteiger partial charge >= 0.3 is 5.97 Å². The van der Waals surface area contributed by atoms with Gasteiger partial charge in [0.2, 0.25) is 5.43 Å². The fraction of sp³-hybridized carbons (Fsp3) is 0.0909. The van der Waals surface area contributed by atoms with Crippen LogP contribution in [0.3, 0.4) is 0 Å². The van der Waals surface area contributed by atoms with E-state index in [1.54, 1.807) is 0 Å². The summed E-state index contributed by atoms with van der Waals surface area (Å²) in [5.74, 6) is -0.787. The first-order valence-corrected chi connectivity index (χ1v) is 4.92. The smallest absolute Gasteiger partial charge is 0.343 e. The summed E-state index contributed by atoms with van der Waals surface area (Å²) < 4.78 is 4.45. The van der Waals surface area contributed by atoms with E-state index in [1.165, 1.54) is 18.3 Å². The van der Waals surface area contributed by atoms with Crippen molar-refractivity contribution in [1.29, 1.82) is 0 Å². The van der Waals surface area contributed by atoms with Gasteiger partial charge in [-0.05, 0) is 6.07 Å². The molecule has 0 fully saturated rings. The molecule has 0 aliphatic carbocycles. The van der Waals surface area contributed by atoms with Gasteiger partial charge in [0.05, 0.1) is 17.4 Å². The van der Waals surface area contributed by atoms with E-state index in [2.05, 4.69) is 9.72 Å². The molecule has 0 unspecified atom stereocenters. The predicted octanol–water partition coefficient (Wildman–Crippen LogP) is 1.22. The van der Waals surface area contributed by atoms with E-state index < -0.39 is 16.3 Å². The molecule has 7 heteroatoms. The number of H-pyrrole nitrogens is 1. The summed E-state index contributed by atoms with van der Waals surface area (Å²) in [6, 6.07) is 3.81. The number of non-ortho nitro benzene ring substituents is 1. The number of pyridine rings is 1. The molecule has 1 aromatic heterocycles. The lowest BCUT2D eigenvalue weighted by atomic mass is 10.1. The Kier molecular flexibility index (Phi) is 2.80. The van der Waals surface area contributed by atoms with Gasteiger partial charge in [0.25, 0.3) is 5.69 Å². The van der Waals surface area contributed by atoms with Crippen LogP contribution >= 0.6 is 0 Å². The van der Waals surface area contributed by atoms with Crippen LogP contribution in [0.2, 0.25) is 0 Å². The molecule has 0 aliphatic heterocycles. The summed E-state index contributed by atoms with van der Waals surface area (Å²) in [5.41, 5.74) is -0.585. The standard InChI is InChI=1S/C11H8N2O5/c1-18-11(15)8-5-12-9-3-2-6(13(16)17)4-7(9)10(8)14/h2-5H,1H3,(H,12,14). The number of methoxy groups -OCH3 is 1. The number of hydrogen-bond donors (Lipinski definition) is 1. The normalized spacial score (nSPS) is 10.3. The van der Waals surface area contributed by atoms with Gasteiger partial charge in [-0.3, -0.25) is 14.9 Å². The number of rotatable bonds is 2. The third-order valence-electron chi connectivity index (χ3n) is 2.48. The number of aromatic nitrogens is 1. The van der Waals surface area contributed by atoms with E-state index in [0.717, 1.165) is 13.2 Å². The first-order chi connectivity index (χ1) is 8.54. The molecule has 0 radical (unpaired) electrons. The molecule has 0 saturated carbocycles. The fourth-order valence-electron chi connectivity index (χ4n) is 1.58. The highest BCUT2D eigenvalue weighted by molar-refractivity contribution is 5.93. The Balaban J connectivity index is 2.75. The van der Waals surface area contributed by atoms with Crippen LogP contribution in [0.15, 0.2) is 29.2 Å². The quantitative estimate of drug-likeness (QED) is 0.489. The van der Waals surface area contributed by atoms with Crippen LogP contribution in [-0.4, -0.2) is 23.0 Å². The van der Waals surface area contributed by atoms with Crippen LogP contribution < -0.4 is 5.43 Å². The predicted molar refractivity (Wildman–Crippen MR) is 62.6 cm³/mol. The summed E-state index contributed by atoms with van der Waals surface area (Å²) >= 11 is 0. The fourth-order valence-corrected chi connectivity index (χ4v) is 1.58. The number of carbonyl (C=O) groups is 1. The second kappa shape index (κ2) is 4.28. The maximum Gasteiger partial charge on any atom is 0.343 e. The van der Waals surface area contributed by atoms with Gasteiger partial charge in [0.1, 0.15) is 5.56 Å². The van der Waals surface area contributed by atoms with Crippen molar-refractivity contribution in [1.82, 2.24) is 4.98 Å². The van der Waals surface area contributed by atoms with Crippen molar-refractivity contribution in [2.45, 2.75) is 0 Å². The van der Waals surface area contributed by atoms with Crippen molar-refractivity contribution < 1.29 is 14.5 Å². The summed E-state index contributed by atoms with van der Waals surface area (Å²) in [7, 11) is 1.15. The van der Waals surface area contributed by atoms with E-state index in [4.69, 9.17) is 0 Å². The molecule has 7 nitrogen and oxygen atoms in total. The zero-order chi connectivity index (χ0) is 13.3. The van der Waals surface area contributed by atoms with Crippen molar-refractivity contribution in [3.05, 3.63) is 50.3 Å². The van der Waals surface area contributed by atoms with Crippen molar-refractivity contribution in [2.24, 2.45) is 0 Å². The first kappa shape index (κ1) is 11.8. The maximum absolute atomic E-state index is 12.0. The zero-order valence-corrected chi connectivity index (χ0v) is 9.30. The number of nitro groups is 1. The van der Waals surface area contributed by atoms with Crippen LogP contribution in [0.4, 0.5) is 5.69 Å². The van der Waals surface area contributed by atoms with Gasteiger partial charge in [0, 0.05) is 23.8 Å². The lowest BCUT2D eigenvalue weighted by Crippen LogP contribution is -2.17. The van der Waals surface area contributed by atoms with Crippen LogP contribution in [0.5, 0.6) is 0 Å². The molecule has 0 amide bonds. The highest BCUT2D eigenvalue weighted by atomic mass is 16.6. The Bertz CT molecular complexity index is 704. The third-order valence-corrected chi connectivity index (χ3v) is 2.48. The molecule has 0 spiro atoms. The van der Waals surface area contributed by atoms with E-state index in [-0.39, 0.29) is 16.6 Å². The number of nitro benzene ring substituents is 1. The zero-order valence-electron chi connectivity index (χ0n) is 9.30. The number of fused-ring (bicyclic) bond motifs is 1. The minimum absolute atomic E-state index is 0.0760. The highest BCUT2D eigenvalue weighted by Crippen LogP contribution is 2.17. The lowest BCUT2D eigenvalue weighted by molar-refractivity contribution is -0.384. The number of aromatic amines is 1. The van der Waals surface area contributed by atoms with Gasteiger partial charge < -0.3 is 9.72 Å². The van der Waals surface area contributed by atoms with Crippen LogP contribution in [0.25, 0.3) is 10.9 Å². The monoisotopic (exact) mass is 248 g/mol. The van der Waals surface area contributed by atoms with Crippen molar-refractivity contribution in [3.8, 4) is 0 Å². The summed E-state index contributed by atoms with van der Waals surface area (Å²) in [6.45, 7) is 0. The molecule has 18 heavy (non-hydrogen) atoms. The molecule has 0 atom stereocenters. The van der Waals surface area contributed by atoms with E-state index in [0.29, 0.717) is 5.52 Å². The minimum atomic E-state index is -0.787. The third kappa shape index (κ3) is 1.81. The maximum atomic E-state index is 12.0. The SMILES string of the molecule is COC(=O)c1c[nH]c2ccc([N+](=O)[O-])cc2c1=O. The second-order valence-electron chi connectivity index (χ2n) is 3.51. The van der Waals surface area contributed by atoms with Gasteiger partial charge in [-0.15, -0.1) is 0 Å². The number of ether oxygens (including phenoxy) is 1. The molecule has 1 aromatic carbocycles. The lowest BCUT2D eigenvalue weighted by Gasteiger charge is -2.01. The van der Waals surface area contributed by atoms with Gasteiger partial charge in [0.15, 0.2) is 0 Å². The highest BCUT2D eigenvalue weighted by Gasteiger charge is 2.15. The summed E-state index contributed by atoms with van der Waals surface area (Å²) in [4.78, 5) is 36.0. The Hall–Kier alpha value is -2.70. The van der Waals surface area contributed by atoms with E-state index in [9.17, 15) is 19.7 Å². The van der Waals surface area contributed by atoms with Crippen molar-refractivity contribution in [3.63, 3.8) is 0 Å². The number of esters is 1. The Morgan fingerprint density at radius 3 is 2.78 bits per heavy atom. The first-order valence-electron chi connectivity index (χ1n) is 4.92. The topological polar surface area (TPSA) is 102 Å². The van der Waals surface area contributed by atoms with Crippen LogP contribution in [0, 0.1) is 10.1 Å². The molecule has 2 rings (SSSR count). The van der Waals surface area contributed by atoms with Crippen molar-refractivity contribution in [2.75, 3.05) is 7.11 Å². The molecule has 0 aliphatic rings. The molecule has 0 saturated heterocycles. The molecular formula is C11H8N2O5. The average Bonchev–Trinajstić information content (AvgIpc) is 2.38. The van der Waals surface area contributed by atoms with Crippen LogP contribution in [0.1, 0.15) is 10.4 Å². The van der Waals surface area contributed by atoms with Gasteiger partial charge in [-0.25, -0.2) is 4.79 Å². The molecule has 0 bridgehead atoms. The number of nitrogens with zero attached hydrogens (tertiary/aromatic N) is 1. The van der Waals surface area contributed by atoms with Crippen molar-refractivity contribution >= 4 is 22.6 Å². The number of carbonyl (C=O) groups excluding carboxylic acids is 1. The Labute approximate surface area is 100 Å². The molecule has 1 N–H and O–H groups in total. The summed E-state index contributed by atoms with van der Waals surface area (Å²) in [6.07, 6.45) is 1.22. The van der Waals surface area contributed by atoms with E-state index in [1.807, 2.05) is 0 Å². The Morgan fingerprint density at radius 1 is 1.44 bits per heavy atom. The average molecular weight is 248 g/mol. The number of nitrogens with one attached hydrogen (secondary N) is 1. The van der Waals surface area contributed by atoms with Gasteiger partial charge in [-0.1, -0.05) is 0 Å². The second-order valence-corrected chi connectivity index (χ2v) is 3.51. The molecule has 1 heterocycles.